The van der Waals surface area contributed by atoms with E-state index in [4.69, 9.17) is 4.74 Å². The molecule has 1 radical (unpaired) electrons. The molecule has 0 spiro atoms. The number of methoxy groups -OCH3 is 1. The molecule has 0 saturated carbocycles. The lowest BCUT2D eigenvalue weighted by Gasteiger charge is -2.09. The van der Waals surface area contributed by atoms with E-state index in [0.29, 0.717) is 0 Å². The average Bonchev–Trinajstić information content (AvgIpc) is 2.33. The fraction of sp³-hybridized carbons (Fsp3) is 0.200. The third-order valence-electron chi connectivity index (χ3n) is 2.90. The summed E-state index contributed by atoms with van der Waals surface area (Å²) in [7, 11) is 1.68. The standard InChI is InChI=1S/C15H15O/c1-11-6-4-9-15(12(11)2)13-7-5-8-14(10-13)16-3/h4-6,8-10H,1-3H3. The minimum Gasteiger partial charge on any atom is -0.497 e. The summed E-state index contributed by atoms with van der Waals surface area (Å²) in [6.45, 7) is 4.26. The van der Waals surface area contributed by atoms with E-state index in [9.17, 15) is 0 Å². The summed E-state index contributed by atoms with van der Waals surface area (Å²) in [5.74, 6) is 0.870. The number of hydrogen-bond acceptors (Lipinski definition) is 1. The van der Waals surface area contributed by atoms with E-state index >= 15 is 0 Å². The number of aryl methyl sites for hydroxylation is 1. The van der Waals surface area contributed by atoms with E-state index in [1.165, 1.54) is 16.7 Å². The van der Waals surface area contributed by atoms with Crippen molar-refractivity contribution in [1.82, 2.24) is 0 Å². The van der Waals surface area contributed by atoms with Gasteiger partial charge in [0.15, 0.2) is 0 Å². The predicted octanol–water partition coefficient (Wildman–Crippen LogP) is 3.78. The van der Waals surface area contributed by atoms with Crippen LogP contribution in [0.4, 0.5) is 0 Å². The van der Waals surface area contributed by atoms with Crippen molar-refractivity contribution in [3.63, 3.8) is 0 Å². The summed E-state index contributed by atoms with van der Waals surface area (Å²) in [5.41, 5.74) is 4.90. The van der Waals surface area contributed by atoms with E-state index in [2.05, 4.69) is 38.1 Å². The fourth-order valence-corrected chi connectivity index (χ4v) is 1.77. The molecule has 0 saturated heterocycles. The van der Waals surface area contributed by atoms with Gasteiger partial charge in [0.2, 0.25) is 0 Å². The number of hydrogen-bond donors (Lipinski definition) is 0. The van der Waals surface area contributed by atoms with Crippen LogP contribution in [0.2, 0.25) is 0 Å². The number of rotatable bonds is 2. The summed E-state index contributed by atoms with van der Waals surface area (Å²) in [6.07, 6.45) is 0. The van der Waals surface area contributed by atoms with Gasteiger partial charge in [0.25, 0.3) is 0 Å². The molecule has 0 unspecified atom stereocenters. The first kappa shape index (κ1) is 10.7. The molecule has 1 nitrogen and oxygen atoms in total. The van der Waals surface area contributed by atoms with Crippen molar-refractivity contribution < 1.29 is 4.74 Å². The summed E-state index contributed by atoms with van der Waals surface area (Å²) in [5, 5.41) is 0. The highest BCUT2D eigenvalue weighted by molar-refractivity contribution is 5.69. The fourth-order valence-electron chi connectivity index (χ4n) is 1.77. The summed E-state index contributed by atoms with van der Waals surface area (Å²) in [6, 6.07) is 15.4. The number of benzene rings is 2. The van der Waals surface area contributed by atoms with Crippen LogP contribution >= 0.6 is 0 Å². The molecular formula is C15H15O. The number of ether oxygens (including phenoxy) is 1. The Kier molecular flexibility index (Phi) is 2.95. The van der Waals surface area contributed by atoms with Crippen LogP contribution in [-0.4, -0.2) is 7.11 Å². The van der Waals surface area contributed by atoms with Crippen molar-refractivity contribution in [1.29, 1.82) is 0 Å². The smallest absolute Gasteiger partial charge is 0.119 e. The van der Waals surface area contributed by atoms with Gasteiger partial charge in [-0.25, -0.2) is 0 Å². The quantitative estimate of drug-likeness (QED) is 0.734. The Morgan fingerprint density at radius 1 is 1.12 bits per heavy atom. The molecule has 0 aliphatic heterocycles. The van der Waals surface area contributed by atoms with Crippen LogP contribution in [0.25, 0.3) is 11.1 Å². The zero-order valence-electron chi connectivity index (χ0n) is 9.87. The van der Waals surface area contributed by atoms with E-state index in [-0.39, 0.29) is 0 Å². The van der Waals surface area contributed by atoms with Gasteiger partial charge in [-0.2, -0.15) is 0 Å². The van der Waals surface area contributed by atoms with Crippen LogP contribution in [0.5, 0.6) is 5.75 Å². The van der Waals surface area contributed by atoms with Gasteiger partial charge < -0.3 is 4.74 Å². The molecule has 81 valence electrons. The Hall–Kier alpha value is -1.76. The topological polar surface area (TPSA) is 9.23 Å². The Balaban J connectivity index is 2.54. The van der Waals surface area contributed by atoms with E-state index in [0.717, 1.165) is 11.3 Å². The monoisotopic (exact) mass is 211 g/mol. The van der Waals surface area contributed by atoms with Crippen LogP contribution in [0.3, 0.4) is 0 Å². The second-order valence-corrected chi connectivity index (χ2v) is 3.89. The van der Waals surface area contributed by atoms with Gasteiger partial charge in [-0.15, -0.1) is 0 Å². The molecule has 2 rings (SSSR count). The van der Waals surface area contributed by atoms with E-state index in [1.54, 1.807) is 7.11 Å². The molecule has 0 aliphatic carbocycles. The van der Waals surface area contributed by atoms with Crippen LogP contribution in [0.15, 0.2) is 36.4 Å². The minimum absolute atomic E-state index is 0.870. The molecule has 0 amide bonds. The van der Waals surface area contributed by atoms with Gasteiger partial charge in [0, 0.05) is 0 Å². The molecule has 2 aromatic carbocycles. The molecule has 0 aliphatic rings. The van der Waals surface area contributed by atoms with Gasteiger partial charge in [0.1, 0.15) is 5.75 Å². The minimum atomic E-state index is 0.870. The Morgan fingerprint density at radius 3 is 2.69 bits per heavy atom. The Morgan fingerprint density at radius 2 is 1.94 bits per heavy atom. The highest BCUT2D eigenvalue weighted by Gasteiger charge is 2.04. The van der Waals surface area contributed by atoms with Gasteiger partial charge in [-0.05, 0) is 54.3 Å². The van der Waals surface area contributed by atoms with Crippen molar-refractivity contribution >= 4 is 0 Å². The molecule has 0 bridgehead atoms. The Labute approximate surface area is 96.7 Å². The first-order valence-corrected chi connectivity index (χ1v) is 5.34. The molecule has 0 aromatic heterocycles. The first-order chi connectivity index (χ1) is 7.72. The maximum absolute atomic E-state index is 5.23. The van der Waals surface area contributed by atoms with Crippen molar-refractivity contribution in [3.8, 4) is 16.9 Å². The average molecular weight is 211 g/mol. The van der Waals surface area contributed by atoms with Crippen molar-refractivity contribution in [3.05, 3.63) is 53.6 Å². The predicted molar refractivity (Wildman–Crippen MR) is 66.7 cm³/mol. The molecule has 0 atom stereocenters. The molecule has 16 heavy (non-hydrogen) atoms. The zero-order valence-corrected chi connectivity index (χ0v) is 9.87. The van der Waals surface area contributed by atoms with Gasteiger partial charge in [-0.1, -0.05) is 24.3 Å². The molecule has 0 fully saturated rings. The van der Waals surface area contributed by atoms with Gasteiger partial charge in [-0.3, -0.25) is 0 Å². The normalized spacial score (nSPS) is 10.2. The van der Waals surface area contributed by atoms with Crippen molar-refractivity contribution in [2.45, 2.75) is 13.8 Å². The SMILES string of the molecule is COc1cc[c]c(-c2cccc(C)c2C)c1. The highest BCUT2D eigenvalue weighted by atomic mass is 16.5. The van der Waals surface area contributed by atoms with Crippen molar-refractivity contribution in [2.75, 3.05) is 7.11 Å². The summed E-state index contributed by atoms with van der Waals surface area (Å²) >= 11 is 0. The Bertz CT molecular complexity index is 501. The van der Waals surface area contributed by atoms with Crippen molar-refractivity contribution in [2.24, 2.45) is 0 Å². The lowest BCUT2D eigenvalue weighted by molar-refractivity contribution is 0.415. The summed E-state index contributed by atoms with van der Waals surface area (Å²) in [4.78, 5) is 0. The second-order valence-electron chi connectivity index (χ2n) is 3.89. The van der Waals surface area contributed by atoms with Crippen LogP contribution < -0.4 is 4.74 Å². The molecular weight excluding hydrogens is 196 g/mol. The second kappa shape index (κ2) is 4.40. The van der Waals surface area contributed by atoms with Crippen LogP contribution in [0, 0.1) is 19.9 Å². The lowest BCUT2D eigenvalue weighted by Crippen LogP contribution is -1.88. The van der Waals surface area contributed by atoms with Crippen LogP contribution in [0.1, 0.15) is 11.1 Å². The summed E-state index contributed by atoms with van der Waals surface area (Å²) < 4.78 is 5.23. The molecule has 2 aromatic rings. The zero-order chi connectivity index (χ0) is 11.5. The van der Waals surface area contributed by atoms with Gasteiger partial charge >= 0.3 is 0 Å². The molecule has 0 heterocycles. The third kappa shape index (κ3) is 1.94. The van der Waals surface area contributed by atoms with Gasteiger partial charge in [0.05, 0.1) is 7.11 Å². The maximum Gasteiger partial charge on any atom is 0.119 e. The molecule has 1 heteroatoms. The first-order valence-electron chi connectivity index (χ1n) is 5.34. The largest absolute Gasteiger partial charge is 0.497 e. The third-order valence-corrected chi connectivity index (χ3v) is 2.90. The molecule has 0 N–H and O–H groups in total. The highest BCUT2D eigenvalue weighted by Crippen LogP contribution is 2.27. The lowest BCUT2D eigenvalue weighted by atomic mass is 9.97. The van der Waals surface area contributed by atoms with E-state index in [1.807, 2.05) is 18.2 Å². The van der Waals surface area contributed by atoms with E-state index < -0.39 is 0 Å². The van der Waals surface area contributed by atoms with Crippen LogP contribution in [-0.2, 0) is 0 Å². The maximum atomic E-state index is 5.23.